The zero-order valence-electron chi connectivity index (χ0n) is 13.1. The lowest BCUT2D eigenvalue weighted by atomic mass is 10.0. The minimum atomic E-state index is 0.213. The van der Waals surface area contributed by atoms with Gasteiger partial charge in [0.15, 0.2) is 0 Å². The van der Waals surface area contributed by atoms with Crippen molar-refractivity contribution >= 4 is 36.5 Å². The molecule has 0 fully saturated rings. The highest BCUT2D eigenvalue weighted by Gasteiger charge is 1.95. The molecule has 4 N–H and O–H groups in total. The first-order valence-corrected chi connectivity index (χ1v) is 11.9. The van der Waals surface area contributed by atoms with Gasteiger partial charge in [-0.05, 0) is 48.5 Å². The number of hydrogen-bond acceptors (Lipinski definition) is 2. The van der Waals surface area contributed by atoms with E-state index in [-0.39, 0.29) is 7.30 Å². The SMILES string of the molecule is CC.CP(P)P.Nc1ccc(Cc2ccc(N)cc2)cc1. The lowest BCUT2D eigenvalue weighted by Crippen LogP contribution is -1.90. The van der Waals surface area contributed by atoms with Crippen LogP contribution in [0.2, 0.25) is 0 Å². The molecule has 2 nitrogen and oxygen atoms in total. The average molecular weight is 340 g/mol. The Balaban J connectivity index is 0.000000579. The van der Waals surface area contributed by atoms with Gasteiger partial charge in [-0.15, -0.1) is 17.9 Å². The van der Waals surface area contributed by atoms with Gasteiger partial charge in [0, 0.05) is 11.4 Å². The summed E-state index contributed by atoms with van der Waals surface area (Å²) in [6, 6.07) is 15.9. The lowest BCUT2D eigenvalue weighted by molar-refractivity contribution is 1.19. The zero-order chi connectivity index (χ0) is 16.3. The molecule has 0 saturated carbocycles. The van der Waals surface area contributed by atoms with Crippen LogP contribution in [-0.4, -0.2) is 6.66 Å². The van der Waals surface area contributed by atoms with Crippen LogP contribution in [0.3, 0.4) is 0 Å². The molecule has 0 radical (unpaired) electrons. The number of anilines is 2. The fourth-order valence-corrected chi connectivity index (χ4v) is 1.51. The van der Waals surface area contributed by atoms with Gasteiger partial charge in [-0.25, -0.2) is 0 Å². The topological polar surface area (TPSA) is 52.0 Å². The predicted octanol–water partition coefficient (Wildman–Crippen LogP) is 5.15. The summed E-state index contributed by atoms with van der Waals surface area (Å²) in [7, 11) is 5.58. The number of nitrogens with two attached hydrogens (primary N) is 2. The van der Waals surface area contributed by atoms with E-state index < -0.39 is 0 Å². The van der Waals surface area contributed by atoms with Crippen LogP contribution in [0.1, 0.15) is 25.0 Å². The summed E-state index contributed by atoms with van der Waals surface area (Å²) in [5.41, 5.74) is 15.4. The molecule has 0 aliphatic heterocycles. The highest BCUT2D eigenvalue weighted by atomic mass is 32.4. The Bertz CT molecular complexity index is 436. The molecule has 0 bridgehead atoms. The van der Waals surface area contributed by atoms with E-state index in [1.165, 1.54) is 11.1 Å². The quantitative estimate of drug-likeness (QED) is 0.587. The van der Waals surface area contributed by atoms with Gasteiger partial charge in [0.2, 0.25) is 0 Å². The molecule has 2 rings (SSSR count). The van der Waals surface area contributed by atoms with E-state index in [1.54, 1.807) is 0 Å². The van der Waals surface area contributed by atoms with Gasteiger partial charge >= 0.3 is 0 Å². The van der Waals surface area contributed by atoms with E-state index in [4.69, 9.17) is 11.5 Å². The summed E-state index contributed by atoms with van der Waals surface area (Å²) in [5.74, 6) is 0. The van der Waals surface area contributed by atoms with Gasteiger partial charge < -0.3 is 11.5 Å². The van der Waals surface area contributed by atoms with Gasteiger partial charge in [-0.1, -0.05) is 45.4 Å². The standard InChI is InChI=1S/C13H14N2.C2H6.CH7P3/c14-12-5-1-10(2-6-12)9-11-3-7-13(15)8-4-11;1-2;1-4(2)3/h1-8H,9,14-15H2;1-2H3;2-3H2,1H3. The van der Waals surface area contributed by atoms with Gasteiger partial charge in [0.05, 0.1) is 0 Å². The van der Waals surface area contributed by atoms with Crippen LogP contribution < -0.4 is 11.5 Å². The van der Waals surface area contributed by atoms with E-state index in [1.807, 2.05) is 62.4 Å². The number of benzene rings is 2. The van der Waals surface area contributed by atoms with E-state index in [0.29, 0.717) is 0 Å². The number of rotatable bonds is 2. The molecule has 0 aliphatic rings. The third-order valence-corrected chi connectivity index (χ3v) is 2.37. The van der Waals surface area contributed by atoms with Crippen LogP contribution >= 0.6 is 25.2 Å². The summed E-state index contributed by atoms with van der Waals surface area (Å²) in [6.07, 6.45) is 0.917. The van der Waals surface area contributed by atoms with Gasteiger partial charge in [0.1, 0.15) is 0 Å². The normalized spacial score (nSPS) is 9.24. The Hall–Kier alpha value is -0.670. The molecule has 0 spiro atoms. The van der Waals surface area contributed by atoms with Crippen molar-refractivity contribution in [1.82, 2.24) is 0 Å². The maximum absolute atomic E-state index is 5.62. The van der Waals surface area contributed by atoms with Crippen LogP contribution in [0.25, 0.3) is 0 Å². The molecule has 2 unspecified atom stereocenters. The van der Waals surface area contributed by atoms with Crippen molar-refractivity contribution in [2.75, 3.05) is 18.1 Å². The average Bonchev–Trinajstić information content (AvgIpc) is 2.45. The summed E-state index contributed by atoms with van der Waals surface area (Å²) in [4.78, 5) is 0. The van der Waals surface area contributed by atoms with E-state index in [0.717, 1.165) is 17.8 Å². The van der Waals surface area contributed by atoms with Gasteiger partial charge in [-0.3, -0.25) is 0 Å². The van der Waals surface area contributed by atoms with Crippen molar-refractivity contribution in [2.45, 2.75) is 20.3 Å². The Morgan fingerprint density at radius 2 is 1.00 bits per heavy atom. The Kier molecular flexibility index (Phi) is 11.6. The van der Waals surface area contributed by atoms with Crippen LogP contribution in [0.4, 0.5) is 11.4 Å². The molecule has 0 saturated heterocycles. The number of hydrogen-bond donors (Lipinski definition) is 2. The molecule has 0 aromatic heterocycles. The van der Waals surface area contributed by atoms with Crippen LogP contribution in [0.5, 0.6) is 0 Å². The molecule has 5 heteroatoms. The predicted molar refractivity (Wildman–Crippen MR) is 108 cm³/mol. The zero-order valence-corrected chi connectivity index (χ0v) is 16.3. The summed E-state index contributed by atoms with van der Waals surface area (Å²) in [5, 5.41) is 0. The fraction of sp³-hybridized carbons (Fsp3) is 0.250. The fourth-order valence-electron chi connectivity index (χ4n) is 1.51. The molecule has 21 heavy (non-hydrogen) atoms. The lowest BCUT2D eigenvalue weighted by Gasteiger charge is -2.02. The highest BCUT2D eigenvalue weighted by molar-refractivity contribution is 8.43. The first-order chi connectivity index (χ1) is 9.97. The molecule has 0 amide bonds. The van der Waals surface area contributed by atoms with Crippen molar-refractivity contribution in [2.24, 2.45) is 0 Å². The molecule has 0 aliphatic carbocycles. The van der Waals surface area contributed by atoms with Crippen LogP contribution in [0.15, 0.2) is 48.5 Å². The summed E-state index contributed by atoms with van der Waals surface area (Å²) in [6.45, 7) is 6.16. The molecular weight excluding hydrogens is 313 g/mol. The first-order valence-electron chi connectivity index (χ1n) is 6.89. The Morgan fingerprint density at radius 1 is 0.762 bits per heavy atom. The Morgan fingerprint density at radius 3 is 1.24 bits per heavy atom. The minimum absolute atomic E-state index is 0.213. The van der Waals surface area contributed by atoms with E-state index >= 15 is 0 Å². The van der Waals surface area contributed by atoms with Gasteiger partial charge in [-0.2, -0.15) is 0 Å². The second kappa shape index (κ2) is 11.9. The molecule has 116 valence electrons. The third kappa shape index (κ3) is 10.7. The van der Waals surface area contributed by atoms with Crippen LogP contribution in [0, 0.1) is 0 Å². The maximum Gasteiger partial charge on any atom is 0.0314 e. The highest BCUT2D eigenvalue weighted by Crippen LogP contribution is 2.48. The first kappa shape index (κ1) is 20.3. The maximum atomic E-state index is 5.62. The monoisotopic (exact) mass is 340 g/mol. The van der Waals surface area contributed by atoms with Crippen molar-refractivity contribution in [1.29, 1.82) is 0 Å². The third-order valence-electron chi connectivity index (χ3n) is 2.37. The van der Waals surface area contributed by atoms with Crippen molar-refractivity contribution in [3.63, 3.8) is 0 Å². The molecular formula is C16H27N2P3. The van der Waals surface area contributed by atoms with Crippen molar-refractivity contribution in [3.05, 3.63) is 59.7 Å². The second-order valence-corrected chi connectivity index (χ2v) is 12.3. The summed E-state index contributed by atoms with van der Waals surface area (Å²) < 4.78 is 0. The van der Waals surface area contributed by atoms with Crippen molar-refractivity contribution < 1.29 is 0 Å². The molecule has 2 aromatic rings. The summed E-state index contributed by atoms with van der Waals surface area (Å²) >= 11 is 0. The Labute approximate surface area is 135 Å². The second-order valence-electron chi connectivity index (χ2n) is 4.33. The van der Waals surface area contributed by atoms with E-state index in [9.17, 15) is 0 Å². The molecule has 2 aromatic carbocycles. The minimum Gasteiger partial charge on any atom is -0.399 e. The largest absolute Gasteiger partial charge is 0.399 e. The number of nitrogen functional groups attached to an aromatic ring is 2. The van der Waals surface area contributed by atoms with E-state index in [2.05, 4.69) is 24.5 Å². The van der Waals surface area contributed by atoms with Crippen LogP contribution in [-0.2, 0) is 6.42 Å². The smallest absolute Gasteiger partial charge is 0.0314 e. The van der Waals surface area contributed by atoms with Crippen molar-refractivity contribution in [3.8, 4) is 0 Å². The van der Waals surface area contributed by atoms with Gasteiger partial charge in [0.25, 0.3) is 0 Å². The molecule has 0 heterocycles. The molecule has 2 atom stereocenters.